The lowest BCUT2D eigenvalue weighted by molar-refractivity contribution is 0.266. The molecule has 0 aliphatic rings. The molecule has 1 heterocycles. The maximum Gasteiger partial charge on any atom is 0.146 e. The van der Waals surface area contributed by atoms with Crippen molar-refractivity contribution in [3.05, 3.63) is 51.9 Å². The van der Waals surface area contributed by atoms with E-state index in [0.29, 0.717) is 6.61 Å². The summed E-state index contributed by atoms with van der Waals surface area (Å²) in [4.78, 5) is 0. The summed E-state index contributed by atoms with van der Waals surface area (Å²) in [6.45, 7) is 8.24. The largest absolute Gasteiger partial charge is 0.485 e. The molecular weight excluding hydrogens is 274 g/mol. The zero-order valence-corrected chi connectivity index (χ0v) is 12.9. The molecule has 0 bridgehead atoms. The fourth-order valence-electron chi connectivity index (χ4n) is 2.02. The van der Waals surface area contributed by atoms with Crippen molar-refractivity contribution in [2.45, 2.75) is 33.9 Å². The molecule has 0 atom stereocenters. The Bertz CT molecular complexity index is 578. The Hall–Kier alpha value is -1.45. The number of halogens is 1. The first-order valence-electron chi connectivity index (χ1n) is 6.78. The van der Waals surface area contributed by atoms with Gasteiger partial charge in [0.25, 0.3) is 0 Å². The Morgan fingerprint density at radius 2 is 2.05 bits per heavy atom. The Labute approximate surface area is 124 Å². The van der Waals surface area contributed by atoms with Gasteiger partial charge in [0.05, 0.1) is 0 Å². The highest BCUT2D eigenvalue weighted by Gasteiger charge is 2.08. The maximum absolute atomic E-state index is 5.93. The second kappa shape index (κ2) is 6.82. The van der Waals surface area contributed by atoms with E-state index in [2.05, 4.69) is 12.2 Å². The summed E-state index contributed by atoms with van der Waals surface area (Å²) in [6.07, 6.45) is 0. The van der Waals surface area contributed by atoms with E-state index in [1.54, 1.807) is 0 Å². The van der Waals surface area contributed by atoms with Gasteiger partial charge in [0.2, 0.25) is 0 Å². The van der Waals surface area contributed by atoms with Crippen LogP contribution in [0.15, 0.2) is 28.7 Å². The van der Waals surface area contributed by atoms with Crippen LogP contribution in [0.5, 0.6) is 5.75 Å². The molecule has 0 saturated heterocycles. The van der Waals surface area contributed by atoms with Crippen LogP contribution in [-0.4, -0.2) is 6.54 Å². The second-order valence-electron chi connectivity index (χ2n) is 4.77. The normalized spacial score (nSPS) is 10.8. The zero-order chi connectivity index (χ0) is 14.5. The van der Waals surface area contributed by atoms with E-state index in [-0.39, 0.29) is 0 Å². The number of hydrogen-bond acceptors (Lipinski definition) is 3. The van der Waals surface area contributed by atoms with Gasteiger partial charge in [0.15, 0.2) is 0 Å². The predicted octanol–water partition coefficient (Wildman–Crippen LogP) is 4.24. The van der Waals surface area contributed by atoms with Gasteiger partial charge in [-0.1, -0.05) is 18.5 Å². The highest BCUT2D eigenvalue weighted by atomic mass is 35.5. The van der Waals surface area contributed by atoms with E-state index >= 15 is 0 Å². The molecule has 0 amide bonds. The Balaban J connectivity index is 2.00. The maximum atomic E-state index is 5.93. The minimum Gasteiger partial charge on any atom is -0.485 e. The van der Waals surface area contributed by atoms with Crippen LogP contribution in [0.3, 0.4) is 0 Å². The van der Waals surface area contributed by atoms with Gasteiger partial charge in [-0.2, -0.15) is 0 Å². The van der Waals surface area contributed by atoms with Crippen LogP contribution in [0.4, 0.5) is 0 Å². The van der Waals surface area contributed by atoms with Crippen molar-refractivity contribution in [1.29, 1.82) is 0 Å². The van der Waals surface area contributed by atoms with Crippen LogP contribution in [0.2, 0.25) is 5.02 Å². The molecule has 0 radical (unpaired) electrons. The molecule has 2 aromatic rings. The topological polar surface area (TPSA) is 34.4 Å². The third-order valence-corrected chi connectivity index (χ3v) is 3.38. The minimum absolute atomic E-state index is 0.426. The first-order valence-corrected chi connectivity index (χ1v) is 7.15. The summed E-state index contributed by atoms with van der Waals surface area (Å²) in [5, 5.41) is 4.01. The third-order valence-electron chi connectivity index (χ3n) is 3.14. The molecule has 4 heteroatoms. The molecule has 0 spiro atoms. The molecule has 1 N–H and O–H groups in total. The summed E-state index contributed by atoms with van der Waals surface area (Å²) >= 11 is 5.93. The monoisotopic (exact) mass is 293 g/mol. The van der Waals surface area contributed by atoms with Crippen molar-refractivity contribution >= 4 is 11.6 Å². The SMILES string of the molecule is CCNCc1cc(COc2ccc(Cl)cc2C)oc1C. The van der Waals surface area contributed by atoms with Crippen molar-refractivity contribution in [3.63, 3.8) is 0 Å². The van der Waals surface area contributed by atoms with E-state index in [1.807, 2.05) is 38.1 Å². The van der Waals surface area contributed by atoms with Gasteiger partial charge in [0, 0.05) is 17.1 Å². The standard InChI is InChI=1S/C16H20ClNO2/c1-4-18-9-13-8-15(20-12(13)3)10-19-16-6-5-14(17)7-11(16)2/h5-8,18H,4,9-10H2,1-3H3. The van der Waals surface area contributed by atoms with Gasteiger partial charge in [-0.25, -0.2) is 0 Å². The van der Waals surface area contributed by atoms with Crippen LogP contribution in [0.1, 0.15) is 29.6 Å². The molecule has 2 rings (SSSR count). The average molecular weight is 294 g/mol. The number of benzene rings is 1. The lowest BCUT2D eigenvalue weighted by atomic mass is 10.2. The lowest BCUT2D eigenvalue weighted by Crippen LogP contribution is -2.11. The predicted molar refractivity (Wildman–Crippen MR) is 81.3 cm³/mol. The van der Waals surface area contributed by atoms with Gasteiger partial charge >= 0.3 is 0 Å². The summed E-state index contributed by atoms with van der Waals surface area (Å²) in [5.41, 5.74) is 2.20. The Kier molecular flexibility index (Phi) is 5.10. The number of rotatable bonds is 6. The van der Waals surface area contributed by atoms with E-state index in [0.717, 1.165) is 40.9 Å². The van der Waals surface area contributed by atoms with Crippen molar-refractivity contribution in [3.8, 4) is 5.75 Å². The molecule has 0 fully saturated rings. The van der Waals surface area contributed by atoms with E-state index in [9.17, 15) is 0 Å². The van der Waals surface area contributed by atoms with Gasteiger partial charge in [-0.3, -0.25) is 0 Å². The number of ether oxygens (including phenoxy) is 1. The molecule has 1 aromatic heterocycles. The molecule has 3 nitrogen and oxygen atoms in total. The van der Waals surface area contributed by atoms with E-state index in [1.165, 1.54) is 5.56 Å². The molecule has 0 aliphatic carbocycles. The molecule has 0 aliphatic heterocycles. The summed E-state index contributed by atoms with van der Waals surface area (Å²) in [5.74, 6) is 2.61. The van der Waals surface area contributed by atoms with Crippen LogP contribution in [-0.2, 0) is 13.2 Å². The van der Waals surface area contributed by atoms with Crippen LogP contribution in [0, 0.1) is 13.8 Å². The van der Waals surface area contributed by atoms with E-state index in [4.69, 9.17) is 20.8 Å². The van der Waals surface area contributed by atoms with Crippen LogP contribution >= 0.6 is 11.6 Å². The second-order valence-corrected chi connectivity index (χ2v) is 5.21. The highest BCUT2D eigenvalue weighted by molar-refractivity contribution is 6.30. The highest BCUT2D eigenvalue weighted by Crippen LogP contribution is 2.23. The van der Waals surface area contributed by atoms with Crippen molar-refractivity contribution < 1.29 is 9.15 Å². The summed E-state index contributed by atoms with van der Waals surface area (Å²) in [7, 11) is 0. The third kappa shape index (κ3) is 3.78. The quantitative estimate of drug-likeness (QED) is 0.865. The fraction of sp³-hybridized carbons (Fsp3) is 0.375. The molecule has 108 valence electrons. The molecule has 0 saturated carbocycles. The number of furan rings is 1. The first-order chi connectivity index (χ1) is 9.60. The Morgan fingerprint density at radius 3 is 2.75 bits per heavy atom. The van der Waals surface area contributed by atoms with E-state index < -0.39 is 0 Å². The van der Waals surface area contributed by atoms with Gasteiger partial charge in [0.1, 0.15) is 23.9 Å². The van der Waals surface area contributed by atoms with Crippen LogP contribution < -0.4 is 10.1 Å². The zero-order valence-electron chi connectivity index (χ0n) is 12.1. The average Bonchev–Trinajstić information content (AvgIpc) is 2.76. The number of nitrogens with one attached hydrogen (secondary N) is 1. The number of aryl methyl sites for hydroxylation is 2. The van der Waals surface area contributed by atoms with Gasteiger partial charge < -0.3 is 14.5 Å². The Morgan fingerprint density at radius 1 is 1.25 bits per heavy atom. The number of hydrogen-bond donors (Lipinski definition) is 1. The molecule has 20 heavy (non-hydrogen) atoms. The van der Waals surface area contributed by atoms with Crippen molar-refractivity contribution in [2.24, 2.45) is 0 Å². The molecule has 0 unspecified atom stereocenters. The van der Waals surface area contributed by atoms with Crippen molar-refractivity contribution in [2.75, 3.05) is 6.54 Å². The van der Waals surface area contributed by atoms with Gasteiger partial charge in [-0.05, 0) is 50.2 Å². The van der Waals surface area contributed by atoms with Crippen molar-refractivity contribution in [1.82, 2.24) is 5.32 Å². The summed E-state index contributed by atoms with van der Waals surface area (Å²) in [6, 6.07) is 7.64. The minimum atomic E-state index is 0.426. The smallest absolute Gasteiger partial charge is 0.146 e. The molecule has 1 aromatic carbocycles. The van der Waals surface area contributed by atoms with Gasteiger partial charge in [-0.15, -0.1) is 0 Å². The lowest BCUT2D eigenvalue weighted by Gasteiger charge is -2.07. The first kappa shape index (κ1) is 14.9. The fourth-order valence-corrected chi connectivity index (χ4v) is 2.24. The molecular formula is C16H20ClNO2. The van der Waals surface area contributed by atoms with Crippen LogP contribution in [0.25, 0.3) is 0 Å². The summed E-state index contributed by atoms with van der Waals surface area (Å²) < 4.78 is 11.5.